The van der Waals surface area contributed by atoms with Gasteiger partial charge in [-0.15, -0.1) is 0 Å². The number of likely N-dealkylation sites (tertiary alicyclic amines) is 1. The highest BCUT2D eigenvalue weighted by Crippen LogP contribution is 2.34. The van der Waals surface area contributed by atoms with E-state index in [4.69, 9.17) is 9.47 Å². The van der Waals surface area contributed by atoms with E-state index in [1.807, 2.05) is 28.0 Å². The molecule has 142 valence electrons. The summed E-state index contributed by atoms with van der Waals surface area (Å²) in [6.07, 6.45) is 2.89. The van der Waals surface area contributed by atoms with Gasteiger partial charge in [-0.1, -0.05) is 6.07 Å². The first-order valence-electron chi connectivity index (χ1n) is 9.54. The molecule has 2 amide bonds. The van der Waals surface area contributed by atoms with Gasteiger partial charge in [-0.05, 0) is 37.0 Å². The summed E-state index contributed by atoms with van der Waals surface area (Å²) >= 11 is 0. The second kappa shape index (κ2) is 7.72. The van der Waals surface area contributed by atoms with Gasteiger partial charge in [0, 0.05) is 45.8 Å². The molecule has 0 aromatic heterocycles. The van der Waals surface area contributed by atoms with E-state index in [1.54, 1.807) is 0 Å². The maximum atomic E-state index is 12.6. The fraction of sp³-hybridized carbons (Fsp3) is 0.632. The normalized spacial score (nSPS) is 21.7. The van der Waals surface area contributed by atoms with Crippen molar-refractivity contribution < 1.29 is 19.4 Å². The van der Waals surface area contributed by atoms with Crippen LogP contribution in [-0.2, 0) is 0 Å². The van der Waals surface area contributed by atoms with Crippen LogP contribution in [0.3, 0.4) is 0 Å². The van der Waals surface area contributed by atoms with Gasteiger partial charge in [-0.2, -0.15) is 0 Å². The van der Waals surface area contributed by atoms with Crippen molar-refractivity contribution >= 4 is 6.03 Å². The Hall–Kier alpha value is -1.99. The third kappa shape index (κ3) is 3.73. The highest BCUT2D eigenvalue weighted by Gasteiger charge is 2.27. The van der Waals surface area contributed by atoms with Gasteiger partial charge in [0.1, 0.15) is 0 Å². The molecule has 7 nitrogen and oxygen atoms in total. The van der Waals surface area contributed by atoms with Gasteiger partial charge in [0.25, 0.3) is 0 Å². The molecule has 4 rings (SSSR count). The Balaban J connectivity index is 1.27. The van der Waals surface area contributed by atoms with Crippen molar-refractivity contribution in [1.82, 2.24) is 14.7 Å². The average molecular weight is 361 g/mol. The standard InChI is InChI=1S/C19H27N3O4/c23-16(15-4-5-17-18(12-15)26-14-25-17)13-20-8-10-22(11-9-20)19(24)21-6-2-1-3-7-21/h4-5,12,16,23H,1-3,6-11,13-14H2. The molecular weight excluding hydrogens is 334 g/mol. The molecule has 3 heterocycles. The van der Waals surface area contributed by atoms with E-state index in [0.29, 0.717) is 12.3 Å². The van der Waals surface area contributed by atoms with E-state index in [-0.39, 0.29) is 12.8 Å². The zero-order chi connectivity index (χ0) is 17.9. The summed E-state index contributed by atoms with van der Waals surface area (Å²) < 4.78 is 10.7. The summed E-state index contributed by atoms with van der Waals surface area (Å²) in [5, 5.41) is 10.6. The fourth-order valence-corrected chi connectivity index (χ4v) is 3.88. The lowest BCUT2D eigenvalue weighted by Gasteiger charge is -2.39. The number of piperidine rings is 1. The van der Waals surface area contributed by atoms with Crippen LogP contribution in [0.25, 0.3) is 0 Å². The number of hydrogen-bond donors (Lipinski definition) is 1. The van der Waals surface area contributed by atoms with Crippen molar-refractivity contribution in [3.05, 3.63) is 23.8 Å². The average Bonchev–Trinajstić information content (AvgIpc) is 3.16. The minimum Gasteiger partial charge on any atom is -0.454 e. The van der Waals surface area contributed by atoms with Crippen LogP contribution in [0.5, 0.6) is 11.5 Å². The Morgan fingerprint density at radius 3 is 2.42 bits per heavy atom. The second-order valence-corrected chi connectivity index (χ2v) is 7.25. The SMILES string of the molecule is O=C(N1CCCCC1)N1CCN(CC(O)c2ccc3c(c2)OCO3)CC1. The lowest BCUT2D eigenvalue weighted by molar-refractivity contribution is 0.0711. The molecule has 2 fully saturated rings. The van der Waals surface area contributed by atoms with Gasteiger partial charge in [0.15, 0.2) is 11.5 Å². The molecule has 7 heteroatoms. The predicted octanol–water partition coefficient (Wildman–Crippen LogP) is 1.67. The smallest absolute Gasteiger partial charge is 0.320 e. The monoisotopic (exact) mass is 361 g/mol. The van der Waals surface area contributed by atoms with Gasteiger partial charge in [0.05, 0.1) is 6.10 Å². The van der Waals surface area contributed by atoms with Gasteiger partial charge >= 0.3 is 6.03 Å². The number of fused-ring (bicyclic) bond motifs is 1. The number of carbonyl (C=O) groups excluding carboxylic acids is 1. The van der Waals surface area contributed by atoms with Crippen molar-refractivity contribution in [2.75, 3.05) is 52.6 Å². The third-order valence-corrected chi connectivity index (χ3v) is 5.48. The quantitative estimate of drug-likeness (QED) is 0.887. The fourth-order valence-electron chi connectivity index (χ4n) is 3.88. The molecule has 26 heavy (non-hydrogen) atoms. The van der Waals surface area contributed by atoms with Gasteiger partial charge in [0.2, 0.25) is 6.79 Å². The minimum absolute atomic E-state index is 0.181. The van der Waals surface area contributed by atoms with Crippen LogP contribution in [0.4, 0.5) is 4.79 Å². The molecule has 2 saturated heterocycles. The number of ether oxygens (including phenoxy) is 2. The first kappa shape index (κ1) is 17.4. The number of rotatable bonds is 3. The van der Waals surface area contributed by atoms with E-state index >= 15 is 0 Å². The molecule has 3 aliphatic rings. The topological polar surface area (TPSA) is 65.5 Å². The highest BCUT2D eigenvalue weighted by atomic mass is 16.7. The summed E-state index contributed by atoms with van der Waals surface area (Å²) in [6.45, 7) is 5.62. The molecule has 1 unspecified atom stereocenters. The van der Waals surface area contributed by atoms with E-state index in [9.17, 15) is 9.90 Å². The molecule has 0 radical (unpaired) electrons. The van der Waals surface area contributed by atoms with Crippen molar-refractivity contribution in [3.63, 3.8) is 0 Å². The molecule has 0 saturated carbocycles. The van der Waals surface area contributed by atoms with Crippen LogP contribution in [-0.4, -0.2) is 78.4 Å². The summed E-state index contributed by atoms with van der Waals surface area (Å²) in [4.78, 5) is 18.7. The maximum absolute atomic E-state index is 12.6. The Morgan fingerprint density at radius 2 is 1.65 bits per heavy atom. The Bertz CT molecular complexity index is 640. The number of benzene rings is 1. The molecule has 0 spiro atoms. The molecule has 0 bridgehead atoms. The number of β-amino-alcohol motifs (C(OH)–C–C–N with tert-alkyl or cyclic N) is 1. The number of piperazine rings is 1. The van der Waals surface area contributed by atoms with E-state index < -0.39 is 6.10 Å². The largest absolute Gasteiger partial charge is 0.454 e. The Labute approximate surface area is 154 Å². The third-order valence-electron chi connectivity index (χ3n) is 5.48. The molecule has 0 aliphatic carbocycles. The number of aliphatic hydroxyl groups is 1. The van der Waals surface area contributed by atoms with Gasteiger partial charge < -0.3 is 24.4 Å². The van der Waals surface area contributed by atoms with Crippen molar-refractivity contribution in [3.8, 4) is 11.5 Å². The Kier molecular flexibility index (Phi) is 5.17. The lowest BCUT2D eigenvalue weighted by atomic mass is 10.1. The number of amides is 2. The van der Waals surface area contributed by atoms with Crippen LogP contribution in [0.15, 0.2) is 18.2 Å². The number of nitrogens with zero attached hydrogens (tertiary/aromatic N) is 3. The van der Waals surface area contributed by atoms with Crippen molar-refractivity contribution in [2.45, 2.75) is 25.4 Å². The van der Waals surface area contributed by atoms with Crippen LogP contribution >= 0.6 is 0 Å². The van der Waals surface area contributed by atoms with E-state index in [0.717, 1.165) is 63.4 Å². The summed E-state index contributed by atoms with van der Waals surface area (Å²) in [7, 11) is 0. The molecule has 1 atom stereocenters. The lowest BCUT2D eigenvalue weighted by Crippen LogP contribution is -2.54. The molecule has 3 aliphatic heterocycles. The molecular formula is C19H27N3O4. The van der Waals surface area contributed by atoms with Crippen LogP contribution in [0, 0.1) is 0 Å². The zero-order valence-electron chi connectivity index (χ0n) is 15.1. The van der Waals surface area contributed by atoms with Crippen molar-refractivity contribution in [2.24, 2.45) is 0 Å². The maximum Gasteiger partial charge on any atom is 0.320 e. The van der Waals surface area contributed by atoms with Gasteiger partial charge in [-0.25, -0.2) is 4.79 Å². The summed E-state index contributed by atoms with van der Waals surface area (Å²) in [5.41, 5.74) is 0.834. The minimum atomic E-state index is -0.575. The van der Waals surface area contributed by atoms with Crippen LogP contribution in [0.2, 0.25) is 0 Å². The highest BCUT2D eigenvalue weighted by molar-refractivity contribution is 5.74. The summed E-state index contributed by atoms with van der Waals surface area (Å²) in [5.74, 6) is 1.42. The number of aliphatic hydroxyl groups excluding tert-OH is 1. The van der Waals surface area contributed by atoms with Crippen LogP contribution < -0.4 is 9.47 Å². The first-order valence-corrected chi connectivity index (χ1v) is 9.54. The number of carbonyl (C=O) groups is 1. The predicted molar refractivity (Wildman–Crippen MR) is 96.4 cm³/mol. The Morgan fingerprint density at radius 1 is 0.962 bits per heavy atom. The molecule has 1 N–H and O–H groups in total. The number of hydrogen-bond acceptors (Lipinski definition) is 5. The summed E-state index contributed by atoms with van der Waals surface area (Å²) in [6, 6.07) is 5.76. The van der Waals surface area contributed by atoms with Crippen LogP contribution in [0.1, 0.15) is 30.9 Å². The number of urea groups is 1. The second-order valence-electron chi connectivity index (χ2n) is 7.25. The van der Waals surface area contributed by atoms with Crippen molar-refractivity contribution in [1.29, 1.82) is 0 Å². The zero-order valence-corrected chi connectivity index (χ0v) is 15.1. The van der Waals surface area contributed by atoms with E-state index in [2.05, 4.69) is 4.90 Å². The van der Waals surface area contributed by atoms with Gasteiger partial charge in [-0.3, -0.25) is 4.90 Å². The first-order chi connectivity index (χ1) is 12.7. The van der Waals surface area contributed by atoms with E-state index in [1.165, 1.54) is 6.42 Å². The molecule has 1 aromatic rings. The molecule has 1 aromatic carbocycles.